The molecule has 148 valence electrons. The molecular weight excluding hydrogens is 388 g/mol. The van der Waals surface area contributed by atoms with Crippen LogP contribution in [0.5, 0.6) is 5.75 Å². The van der Waals surface area contributed by atoms with Gasteiger partial charge in [0.15, 0.2) is 6.61 Å². The zero-order chi connectivity index (χ0) is 20.1. The topological polar surface area (TPSA) is 55.8 Å². The van der Waals surface area contributed by atoms with E-state index in [0.29, 0.717) is 11.3 Å². The number of benzene rings is 2. The van der Waals surface area contributed by atoms with Crippen LogP contribution in [0.1, 0.15) is 23.4 Å². The van der Waals surface area contributed by atoms with Crippen LogP contribution >= 0.6 is 11.8 Å². The van der Waals surface area contributed by atoms with E-state index in [9.17, 15) is 18.4 Å². The third-order valence-corrected chi connectivity index (χ3v) is 5.43. The zero-order valence-corrected chi connectivity index (χ0v) is 16.0. The number of amides is 1. The standard InChI is InChI=1S/C20H19F2NO4S/c1-2-26-19(25)11-27-17-9-4-3-6-13(17)20-23(18(24)12-28-20)10-14-15(21)7-5-8-16(14)22/h3-9,20H,2,10-12H2,1H3. The van der Waals surface area contributed by atoms with Gasteiger partial charge in [0.05, 0.1) is 18.9 Å². The Balaban J connectivity index is 1.84. The number of hydrogen-bond donors (Lipinski definition) is 0. The number of rotatable bonds is 7. The van der Waals surface area contributed by atoms with Crippen molar-refractivity contribution in [2.24, 2.45) is 0 Å². The zero-order valence-electron chi connectivity index (χ0n) is 15.2. The fourth-order valence-electron chi connectivity index (χ4n) is 2.89. The number of nitrogens with zero attached hydrogens (tertiary/aromatic N) is 1. The summed E-state index contributed by atoms with van der Waals surface area (Å²) in [4.78, 5) is 25.4. The molecule has 0 bridgehead atoms. The summed E-state index contributed by atoms with van der Waals surface area (Å²) in [6.07, 6.45) is 0. The minimum atomic E-state index is -0.699. The van der Waals surface area contributed by atoms with Gasteiger partial charge in [-0.25, -0.2) is 13.6 Å². The first-order valence-electron chi connectivity index (χ1n) is 8.72. The van der Waals surface area contributed by atoms with Gasteiger partial charge < -0.3 is 14.4 Å². The lowest BCUT2D eigenvalue weighted by Gasteiger charge is -2.26. The second-order valence-corrected chi connectivity index (χ2v) is 7.09. The van der Waals surface area contributed by atoms with Crippen LogP contribution in [-0.4, -0.2) is 35.7 Å². The Kier molecular flexibility index (Phi) is 6.51. The van der Waals surface area contributed by atoms with Crippen molar-refractivity contribution in [3.8, 4) is 5.75 Å². The van der Waals surface area contributed by atoms with Gasteiger partial charge in [0.25, 0.3) is 0 Å². The highest BCUT2D eigenvalue weighted by Crippen LogP contribution is 2.43. The number of para-hydroxylation sites is 1. The third kappa shape index (κ3) is 4.44. The number of halogens is 2. The summed E-state index contributed by atoms with van der Waals surface area (Å²) in [6.45, 7) is 1.49. The second kappa shape index (κ2) is 9.05. The first-order chi connectivity index (χ1) is 13.5. The fourth-order valence-corrected chi connectivity index (χ4v) is 4.10. The summed E-state index contributed by atoms with van der Waals surface area (Å²) in [7, 11) is 0. The van der Waals surface area contributed by atoms with Crippen molar-refractivity contribution < 1.29 is 27.8 Å². The van der Waals surface area contributed by atoms with Crippen molar-refractivity contribution in [1.29, 1.82) is 0 Å². The molecule has 5 nitrogen and oxygen atoms in total. The molecule has 1 unspecified atom stereocenters. The van der Waals surface area contributed by atoms with E-state index in [4.69, 9.17) is 9.47 Å². The highest BCUT2D eigenvalue weighted by atomic mass is 32.2. The molecule has 1 aliphatic rings. The number of carbonyl (C=O) groups excluding carboxylic acids is 2. The van der Waals surface area contributed by atoms with Crippen LogP contribution in [0.25, 0.3) is 0 Å². The second-order valence-electron chi connectivity index (χ2n) is 6.02. The highest BCUT2D eigenvalue weighted by molar-refractivity contribution is 8.00. The van der Waals surface area contributed by atoms with Gasteiger partial charge in [-0.15, -0.1) is 11.8 Å². The molecule has 8 heteroatoms. The molecule has 0 N–H and O–H groups in total. The van der Waals surface area contributed by atoms with E-state index in [-0.39, 0.29) is 37.0 Å². The van der Waals surface area contributed by atoms with Gasteiger partial charge in [-0.3, -0.25) is 4.79 Å². The lowest BCUT2D eigenvalue weighted by molar-refractivity contribution is -0.145. The summed E-state index contributed by atoms with van der Waals surface area (Å²) in [5.74, 6) is -1.52. The van der Waals surface area contributed by atoms with E-state index >= 15 is 0 Å². The molecule has 0 saturated carbocycles. The maximum atomic E-state index is 14.1. The molecule has 1 fully saturated rings. The Labute approximate surface area is 165 Å². The van der Waals surface area contributed by atoms with Crippen molar-refractivity contribution in [3.05, 3.63) is 65.2 Å². The van der Waals surface area contributed by atoms with Crippen molar-refractivity contribution in [2.45, 2.75) is 18.8 Å². The largest absolute Gasteiger partial charge is 0.482 e. The molecule has 0 spiro atoms. The van der Waals surface area contributed by atoms with Crippen molar-refractivity contribution in [1.82, 2.24) is 4.90 Å². The average molecular weight is 407 g/mol. The maximum absolute atomic E-state index is 14.1. The molecule has 1 amide bonds. The molecule has 0 aliphatic carbocycles. The minimum Gasteiger partial charge on any atom is -0.482 e. The lowest BCUT2D eigenvalue weighted by atomic mass is 10.1. The Morgan fingerprint density at radius 2 is 1.89 bits per heavy atom. The van der Waals surface area contributed by atoms with Crippen LogP contribution in [0.2, 0.25) is 0 Å². The van der Waals surface area contributed by atoms with Gasteiger partial charge in [-0.2, -0.15) is 0 Å². The van der Waals surface area contributed by atoms with Crippen molar-refractivity contribution in [2.75, 3.05) is 19.0 Å². The van der Waals surface area contributed by atoms with E-state index in [0.717, 1.165) is 12.1 Å². The number of hydrogen-bond acceptors (Lipinski definition) is 5. The molecule has 1 heterocycles. The predicted octanol–water partition coefficient (Wildman–Crippen LogP) is 3.68. The number of thioether (sulfide) groups is 1. The van der Waals surface area contributed by atoms with Gasteiger partial charge in [-0.05, 0) is 25.1 Å². The molecule has 1 saturated heterocycles. The summed E-state index contributed by atoms with van der Waals surface area (Å²) in [5, 5.41) is -0.482. The Morgan fingerprint density at radius 3 is 2.61 bits per heavy atom. The quantitative estimate of drug-likeness (QED) is 0.656. The average Bonchev–Trinajstić information content (AvgIpc) is 3.04. The molecule has 0 aromatic heterocycles. The van der Waals surface area contributed by atoms with Crippen LogP contribution < -0.4 is 4.74 Å². The summed E-state index contributed by atoms with van der Waals surface area (Å²) in [6, 6.07) is 10.6. The van der Waals surface area contributed by atoms with E-state index < -0.39 is 23.0 Å². The molecule has 0 radical (unpaired) electrons. The first-order valence-corrected chi connectivity index (χ1v) is 9.77. The van der Waals surface area contributed by atoms with Crippen LogP contribution in [0.15, 0.2) is 42.5 Å². The molecule has 3 rings (SSSR count). The predicted molar refractivity (Wildman–Crippen MR) is 101 cm³/mol. The highest BCUT2D eigenvalue weighted by Gasteiger charge is 2.35. The fraction of sp³-hybridized carbons (Fsp3) is 0.300. The van der Waals surface area contributed by atoms with E-state index in [1.54, 1.807) is 31.2 Å². The van der Waals surface area contributed by atoms with Crippen molar-refractivity contribution >= 4 is 23.6 Å². The third-order valence-electron chi connectivity index (χ3n) is 4.19. The number of carbonyl (C=O) groups is 2. The van der Waals surface area contributed by atoms with Crippen LogP contribution in [0.3, 0.4) is 0 Å². The van der Waals surface area contributed by atoms with E-state index in [1.807, 2.05) is 0 Å². The number of ether oxygens (including phenoxy) is 2. The summed E-state index contributed by atoms with van der Waals surface area (Å²) >= 11 is 1.34. The molecule has 2 aromatic rings. The van der Waals surface area contributed by atoms with E-state index in [2.05, 4.69) is 0 Å². The molecular formula is C20H19F2NO4S. The molecule has 1 aliphatic heterocycles. The van der Waals surface area contributed by atoms with Gasteiger partial charge >= 0.3 is 5.97 Å². The first kappa shape index (κ1) is 20.1. The molecule has 2 aromatic carbocycles. The summed E-state index contributed by atoms with van der Waals surface area (Å²) < 4.78 is 38.5. The SMILES string of the molecule is CCOC(=O)COc1ccccc1C1SCC(=O)N1Cc1c(F)cccc1F. The van der Waals surface area contributed by atoms with E-state index in [1.165, 1.54) is 22.7 Å². The van der Waals surface area contributed by atoms with Gasteiger partial charge in [0.1, 0.15) is 22.8 Å². The van der Waals surface area contributed by atoms with Crippen molar-refractivity contribution in [3.63, 3.8) is 0 Å². The minimum absolute atomic E-state index is 0.159. The molecule has 1 atom stereocenters. The Hall–Kier alpha value is -2.61. The maximum Gasteiger partial charge on any atom is 0.344 e. The van der Waals surface area contributed by atoms with Gasteiger partial charge in [0, 0.05) is 11.1 Å². The normalized spacial score (nSPS) is 16.3. The van der Waals surface area contributed by atoms with Gasteiger partial charge in [-0.1, -0.05) is 24.3 Å². The Morgan fingerprint density at radius 1 is 1.18 bits per heavy atom. The van der Waals surface area contributed by atoms with Gasteiger partial charge in [0.2, 0.25) is 5.91 Å². The lowest BCUT2D eigenvalue weighted by Crippen LogP contribution is -2.29. The van der Waals surface area contributed by atoms with Crippen LogP contribution in [0, 0.1) is 11.6 Å². The monoisotopic (exact) mass is 407 g/mol. The Bertz CT molecular complexity index is 857. The number of esters is 1. The summed E-state index contributed by atoms with van der Waals surface area (Å²) in [5.41, 5.74) is 0.493. The van der Waals surface area contributed by atoms with Crippen LogP contribution in [-0.2, 0) is 20.9 Å². The smallest absolute Gasteiger partial charge is 0.344 e. The van der Waals surface area contributed by atoms with Crippen LogP contribution in [0.4, 0.5) is 8.78 Å². The molecule has 28 heavy (non-hydrogen) atoms.